The molecular weight excluding hydrogens is 236 g/mol. The third kappa shape index (κ3) is 4.05. The average molecular weight is 266 g/mol. The van der Waals surface area contributed by atoms with Crippen LogP contribution in [-0.4, -0.2) is 23.4 Å². The zero-order valence-electron chi connectivity index (χ0n) is 13.5. The Kier molecular flexibility index (Phi) is 6.74. The summed E-state index contributed by atoms with van der Waals surface area (Å²) in [5, 5.41) is 18.9. The van der Waals surface area contributed by atoms with E-state index in [2.05, 4.69) is 19.1 Å². The third-order valence-corrected chi connectivity index (χ3v) is 3.58. The molecule has 0 amide bonds. The maximum atomic E-state index is 9.47. The number of hydrogen-bond acceptors (Lipinski definition) is 2. The van der Waals surface area contributed by atoms with E-state index in [1.165, 1.54) is 5.56 Å². The molecule has 1 aromatic carbocycles. The van der Waals surface area contributed by atoms with E-state index in [9.17, 15) is 10.2 Å². The molecule has 0 radical (unpaired) electrons. The lowest BCUT2D eigenvalue weighted by molar-refractivity contribution is 0.213. The molecule has 2 heteroatoms. The average Bonchev–Trinajstić information content (AvgIpc) is 2.40. The van der Waals surface area contributed by atoms with Gasteiger partial charge in [0.05, 0.1) is 13.2 Å². The number of aliphatic hydroxyl groups is 2. The van der Waals surface area contributed by atoms with Gasteiger partial charge in [-0.3, -0.25) is 0 Å². The molecule has 0 aliphatic carbocycles. The van der Waals surface area contributed by atoms with Crippen molar-refractivity contribution in [1.29, 1.82) is 0 Å². The standard InChI is InChI=1S/C15H24O2.C2H6/c1-11-12(14(2,3)9-16)7-6-8-13(11)15(4,5)10-17;1-2/h6-8,16-17H,9-10H2,1-5H3;1-2H3. The molecule has 0 aliphatic rings. The van der Waals surface area contributed by atoms with Crippen LogP contribution in [0.25, 0.3) is 0 Å². The van der Waals surface area contributed by atoms with Crippen LogP contribution in [0.15, 0.2) is 18.2 Å². The molecule has 0 saturated carbocycles. The maximum absolute atomic E-state index is 9.47. The summed E-state index contributed by atoms with van der Waals surface area (Å²) in [6, 6.07) is 6.12. The molecule has 19 heavy (non-hydrogen) atoms. The van der Waals surface area contributed by atoms with Crippen molar-refractivity contribution in [2.75, 3.05) is 13.2 Å². The zero-order chi connectivity index (χ0) is 15.3. The Balaban J connectivity index is 0.00000154. The second-order valence-corrected chi connectivity index (χ2v) is 6.06. The van der Waals surface area contributed by atoms with Crippen LogP contribution >= 0.6 is 0 Å². The van der Waals surface area contributed by atoms with E-state index < -0.39 is 0 Å². The van der Waals surface area contributed by atoms with Crippen LogP contribution in [0.3, 0.4) is 0 Å². The van der Waals surface area contributed by atoms with Gasteiger partial charge in [-0.1, -0.05) is 59.7 Å². The summed E-state index contributed by atoms with van der Waals surface area (Å²) in [6.07, 6.45) is 0. The van der Waals surface area contributed by atoms with E-state index in [1.807, 2.05) is 47.6 Å². The fourth-order valence-corrected chi connectivity index (χ4v) is 2.27. The molecule has 0 atom stereocenters. The van der Waals surface area contributed by atoms with Crippen molar-refractivity contribution in [2.45, 2.75) is 59.3 Å². The van der Waals surface area contributed by atoms with Gasteiger partial charge in [-0.2, -0.15) is 0 Å². The lowest BCUT2D eigenvalue weighted by Gasteiger charge is -2.30. The highest BCUT2D eigenvalue weighted by molar-refractivity contribution is 5.42. The summed E-state index contributed by atoms with van der Waals surface area (Å²) in [5.74, 6) is 0. The molecule has 0 heterocycles. The normalized spacial score (nSPS) is 11.8. The van der Waals surface area contributed by atoms with E-state index in [-0.39, 0.29) is 24.0 Å². The van der Waals surface area contributed by atoms with E-state index >= 15 is 0 Å². The first-order valence-corrected chi connectivity index (χ1v) is 7.08. The molecule has 0 spiro atoms. The number of rotatable bonds is 4. The summed E-state index contributed by atoms with van der Waals surface area (Å²) in [4.78, 5) is 0. The predicted molar refractivity (Wildman–Crippen MR) is 82.8 cm³/mol. The SMILES string of the molecule is CC.Cc1c(C(C)(C)CO)cccc1C(C)(C)CO. The summed E-state index contributed by atoms with van der Waals surface area (Å²) >= 11 is 0. The highest BCUT2D eigenvalue weighted by Crippen LogP contribution is 2.33. The lowest BCUT2D eigenvalue weighted by Crippen LogP contribution is -2.28. The fourth-order valence-electron chi connectivity index (χ4n) is 2.27. The second kappa shape index (κ2) is 7.06. The predicted octanol–water partition coefficient (Wildman–Crippen LogP) is 3.56. The summed E-state index contributed by atoms with van der Waals surface area (Å²) in [6.45, 7) is 14.4. The Labute approximate surface area is 118 Å². The van der Waals surface area contributed by atoms with Crippen molar-refractivity contribution in [3.8, 4) is 0 Å². The van der Waals surface area contributed by atoms with E-state index in [0.717, 1.165) is 11.1 Å². The Morgan fingerprint density at radius 3 is 1.42 bits per heavy atom. The molecule has 0 fully saturated rings. The van der Waals surface area contributed by atoms with Crippen LogP contribution in [0, 0.1) is 6.92 Å². The molecule has 0 saturated heterocycles. The van der Waals surface area contributed by atoms with Crippen LogP contribution < -0.4 is 0 Å². The van der Waals surface area contributed by atoms with Gasteiger partial charge >= 0.3 is 0 Å². The van der Waals surface area contributed by atoms with Crippen molar-refractivity contribution >= 4 is 0 Å². The Bertz CT molecular complexity index is 358. The minimum absolute atomic E-state index is 0.122. The van der Waals surface area contributed by atoms with Gasteiger partial charge in [-0.05, 0) is 23.6 Å². The van der Waals surface area contributed by atoms with Gasteiger partial charge in [0.15, 0.2) is 0 Å². The minimum Gasteiger partial charge on any atom is -0.395 e. The quantitative estimate of drug-likeness (QED) is 0.875. The van der Waals surface area contributed by atoms with Crippen molar-refractivity contribution < 1.29 is 10.2 Å². The number of aliphatic hydroxyl groups excluding tert-OH is 2. The second-order valence-electron chi connectivity index (χ2n) is 6.06. The topological polar surface area (TPSA) is 40.5 Å². The summed E-state index contributed by atoms with van der Waals surface area (Å²) in [7, 11) is 0. The van der Waals surface area contributed by atoms with Gasteiger partial charge in [0, 0.05) is 10.8 Å². The van der Waals surface area contributed by atoms with Gasteiger partial charge < -0.3 is 10.2 Å². The molecule has 110 valence electrons. The highest BCUT2D eigenvalue weighted by Gasteiger charge is 2.27. The molecule has 0 bridgehead atoms. The van der Waals surface area contributed by atoms with Gasteiger partial charge in [-0.25, -0.2) is 0 Å². The molecule has 0 aromatic heterocycles. The maximum Gasteiger partial charge on any atom is 0.0522 e. The van der Waals surface area contributed by atoms with Gasteiger partial charge in [0.25, 0.3) is 0 Å². The van der Waals surface area contributed by atoms with Crippen LogP contribution in [-0.2, 0) is 10.8 Å². The summed E-state index contributed by atoms with van der Waals surface area (Å²) < 4.78 is 0. The van der Waals surface area contributed by atoms with E-state index in [1.54, 1.807) is 0 Å². The largest absolute Gasteiger partial charge is 0.395 e. The Morgan fingerprint density at radius 1 is 0.842 bits per heavy atom. The number of benzene rings is 1. The van der Waals surface area contributed by atoms with Gasteiger partial charge in [-0.15, -0.1) is 0 Å². The first-order valence-electron chi connectivity index (χ1n) is 7.08. The van der Waals surface area contributed by atoms with Crippen molar-refractivity contribution in [2.24, 2.45) is 0 Å². The Hall–Kier alpha value is -0.860. The van der Waals surface area contributed by atoms with Crippen molar-refractivity contribution in [3.05, 3.63) is 34.9 Å². The molecule has 0 unspecified atom stereocenters. The molecule has 1 aromatic rings. The highest BCUT2D eigenvalue weighted by atomic mass is 16.3. The third-order valence-electron chi connectivity index (χ3n) is 3.58. The van der Waals surface area contributed by atoms with Gasteiger partial charge in [0.1, 0.15) is 0 Å². The molecular formula is C17H30O2. The van der Waals surface area contributed by atoms with Crippen LogP contribution in [0.4, 0.5) is 0 Å². The molecule has 1 rings (SSSR count). The lowest BCUT2D eigenvalue weighted by atomic mass is 9.76. The number of hydrogen-bond donors (Lipinski definition) is 2. The molecule has 2 N–H and O–H groups in total. The van der Waals surface area contributed by atoms with Crippen molar-refractivity contribution in [1.82, 2.24) is 0 Å². The zero-order valence-corrected chi connectivity index (χ0v) is 13.5. The smallest absolute Gasteiger partial charge is 0.0522 e. The first-order chi connectivity index (χ1) is 8.76. The van der Waals surface area contributed by atoms with E-state index in [4.69, 9.17) is 0 Å². The molecule has 2 nitrogen and oxygen atoms in total. The fraction of sp³-hybridized carbons (Fsp3) is 0.647. The summed E-state index contributed by atoms with van der Waals surface area (Å²) in [5.41, 5.74) is 2.99. The first kappa shape index (κ1) is 18.1. The van der Waals surface area contributed by atoms with Crippen LogP contribution in [0.2, 0.25) is 0 Å². The van der Waals surface area contributed by atoms with E-state index in [0.29, 0.717) is 0 Å². The van der Waals surface area contributed by atoms with Gasteiger partial charge in [0.2, 0.25) is 0 Å². The molecule has 0 aliphatic heterocycles. The van der Waals surface area contributed by atoms with Crippen molar-refractivity contribution in [3.63, 3.8) is 0 Å². The van der Waals surface area contributed by atoms with Crippen LogP contribution in [0.1, 0.15) is 58.2 Å². The monoisotopic (exact) mass is 266 g/mol. The van der Waals surface area contributed by atoms with Crippen LogP contribution in [0.5, 0.6) is 0 Å². The minimum atomic E-state index is -0.244. The Morgan fingerprint density at radius 2 is 1.16 bits per heavy atom.